The van der Waals surface area contributed by atoms with Gasteiger partial charge in [-0.05, 0) is 17.9 Å². The topological polar surface area (TPSA) is 9.23 Å². The number of alkyl halides is 1. The summed E-state index contributed by atoms with van der Waals surface area (Å²) in [6.45, 7) is 1.64. The molecule has 0 unspecified atom stereocenters. The van der Waals surface area contributed by atoms with Gasteiger partial charge in [0, 0.05) is 4.83 Å². The first-order valence-corrected chi connectivity index (χ1v) is 5.53. The minimum absolute atomic E-state index is 0.711. The van der Waals surface area contributed by atoms with Gasteiger partial charge < -0.3 is 4.74 Å². The largest absolute Gasteiger partial charge is 0.376 e. The predicted molar refractivity (Wildman–Crippen MR) is 56.9 cm³/mol. The highest BCUT2D eigenvalue weighted by molar-refractivity contribution is 9.09. The Bertz CT molecular complexity index is 260. The van der Waals surface area contributed by atoms with Crippen LogP contribution >= 0.6 is 15.9 Å². The summed E-state index contributed by atoms with van der Waals surface area (Å²) >= 11 is 3.55. The number of hydrogen-bond acceptors (Lipinski definition) is 1. The Kier molecular flexibility index (Phi) is 3.01. The second-order valence-electron chi connectivity index (χ2n) is 3.51. The van der Waals surface area contributed by atoms with Gasteiger partial charge in [0.2, 0.25) is 0 Å². The molecule has 0 bridgehead atoms. The molecule has 0 radical (unpaired) electrons. The zero-order valence-corrected chi connectivity index (χ0v) is 9.03. The Morgan fingerprint density at radius 2 is 2.00 bits per heavy atom. The first-order chi connectivity index (χ1) is 6.36. The van der Waals surface area contributed by atoms with Gasteiger partial charge in [0.1, 0.15) is 0 Å². The maximum atomic E-state index is 5.58. The third-order valence-corrected chi connectivity index (χ3v) is 3.40. The van der Waals surface area contributed by atoms with Crippen molar-refractivity contribution in [2.24, 2.45) is 5.92 Å². The quantitative estimate of drug-likeness (QED) is 0.736. The molecule has 1 aromatic rings. The summed E-state index contributed by atoms with van der Waals surface area (Å²) < 4.78 is 5.58. The summed E-state index contributed by atoms with van der Waals surface area (Å²) in [5.74, 6) is 0.753. The Morgan fingerprint density at radius 3 is 2.62 bits per heavy atom. The summed E-state index contributed by atoms with van der Waals surface area (Å²) in [6, 6.07) is 10.3. The van der Waals surface area contributed by atoms with Crippen LogP contribution in [0.2, 0.25) is 0 Å². The molecule has 1 aliphatic carbocycles. The van der Waals surface area contributed by atoms with Gasteiger partial charge in [-0.2, -0.15) is 0 Å². The van der Waals surface area contributed by atoms with Crippen molar-refractivity contribution in [1.29, 1.82) is 0 Å². The molecule has 0 aromatic heterocycles. The second kappa shape index (κ2) is 4.25. The van der Waals surface area contributed by atoms with E-state index in [4.69, 9.17) is 4.74 Å². The average molecular weight is 241 g/mol. The standard InChI is InChI=1S/C11H13BrO/c12-11-6-10(11)8-13-7-9-4-2-1-3-5-9/h1-5,10-11H,6-8H2/t10-,11+/m0/s1. The molecule has 0 saturated heterocycles. The molecule has 0 aliphatic heterocycles. The van der Waals surface area contributed by atoms with Gasteiger partial charge >= 0.3 is 0 Å². The van der Waals surface area contributed by atoms with Crippen molar-refractivity contribution in [2.45, 2.75) is 17.9 Å². The van der Waals surface area contributed by atoms with Crippen LogP contribution in [0.5, 0.6) is 0 Å². The van der Waals surface area contributed by atoms with Gasteiger partial charge in [0.25, 0.3) is 0 Å². The van der Waals surface area contributed by atoms with Crippen molar-refractivity contribution in [2.75, 3.05) is 6.61 Å². The molecule has 1 saturated carbocycles. The second-order valence-corrected chi connectivity index (χ2v) is 4.69. The molecule has 2 rings (SSSR count). The van der Waals surface area contributed by atoms with E-state index in [2.05, 4.69) is 28.1 Å². The fourth-order valence-electron chi connectivity index (χ4n) is 1.29. The van der Waals surface area contributed by atoms with Crippen LogP contribution in [0.3, 0.4) is 0 Å². The third-order valence-electron chi connectivity index (χ3n) is 2.28. The molecule has 1 aromatic carbocycles. The highest BCUT2D eigenvalue weighted by atomic mass is 79.9. The molecule has 0 heterocycles. The van der Waals surface area contributed by atoms with Gasteiger partial charge in [0.05, 0.1) is 13.2 Å². The minimum Gasteiger partial charge on any atom is -0.376 e. The molecule has 0 N–H and O–H groups in total. The smallest absolute Gasteiger partial charge is 0.0717 e. The number of benzene rings is 1. The number of hydrogen-bond donors (Lipinski definition) is 0. The maximum absolute atomic E-state index is 5.58. The van der Waals surface area contributed by atoms with E-state index < -0.39 is 0 Å². The van der Waals surface area contributed by atoms with Gasteiger partial charge in [-0.15, -0.1) is 0 Å². The van der Waals surface area contributed by atoms with E-state index in [-0.39, 0.29) is 0 Å². The highest BCUT2D eigenvalue weighted by Crippen LogP contribution is 2.37. The number of halogens is 1. The zero-order chi connectivity index (χ0) is 9.10. The van der Waals surface area contributed by atoms with E-state index in [1.807, 2.05) is 18.2 Å². The van der Waals surface area contributed by atoms with Gasteiger partial charge in [-0.1, -0.05) is 46.3 Å². The lowest BCUT2D eigenvalue weighted by Gasteiger charge is -2.02. The van der Waals surface area contributed by atoms with Crippen LogP contribution in [-0.2, 0) is 11.3 Å². The van der Waals surface area contributed by atoms with E-state index >= 15 is 0 Å². The fraction of sp³-hybridized carbons (Fsp3) is 0.455. The van der Waals surface area contributed by atoms with Crippen molar-refractivity contribution < 1.29 is 4.74 Å². The zero-order valence-electron chi connectivity index (χ0n) is 7.45. The van der Waals surface area contributed by atoms with E-state index in [0.717, 1.165) is 19.1 Å². The van der Waals surface area contributed by atoms with Crippen molar-refractivity contribution in [1.82, 2.24) is 0 Å². The molecule has 13 heavy (non-hydrogen) atoms. The molecule has 70 valence electrons. The van der Waals surface area contributed by atoms with Crippen molar-refractivity contribution >= 4 is 15.9 Å². The summed E-state index contributed by atoms with van der Waals surface area (Å²) in [5.41, 5.74) is 1.26. The molecule has 2 atom stereocenters. The lowest BCUT2D eigenvalue weighted by molar-refractivity contribution is 0.112. The molecular weight excluding hydrogens is 228 g/mol. The summed E-state index contributed by atoms with van der Waals surface area (Å²) in [6.07, 6.45) is 1.27. The van der Waals surface area contributed by atoms with Crippen molar-refractivity contribution in [3.63, 3.8) is 0 Å². The van der Waals surface area contributed by atoms with Crippen LogP contribution in [0.25, 0.3) is 0 Å². The Balaban J connectivity index is 1.68. The SMILES string of the molecule is Br[C@@H]1C[C@H]1COCc1ccccc1. The molecule has 2 heteroatoms. The Labute approximate surface area is 87.2 Å². The van der Waals surface area contributed by atoms with Crippen LogP contribution in [-0.4, -0.2) is 11.4 Å². The fourth-order valence-corrected chi connectivity index (χ4v) is 1.92. The Morgan fingerprint density at radius 1 is 1.31 bits per heavy atom. The van der Waals surface area contributed by atoms with Crippen LogP contribution < -0.4 is 0 Å². The molecule has 1 fully saturated rings. The molecule has 1 aliphatic rings. The number of ether oxygens (including phenoxy) is 1. The predicted octanol–water partition coefficient (Wildman–Crippen LogP) is 2.99. The lowest BCUT2D eigenvalue weighted by Crippen LogP contribution is -1.98. The van der Waals surface area contributed by atoms with E-state index in [0.29, 0.717) is 4.83 Å². The molecule has 0 spiro atoms. The van der Waals surface area contributed by atoms with E-state index in [1.54, 1.807) is 0 Å². The van der Waals surface area contributed by atoms with Crippen molar-refractivity contribution in [3.05, 3.63) is 35.9 Å². The van der Waals surface area contributed by atoms with Crippen LogP contribution in [0.4, 0.5) is 0 Å². The average Bonchev–Trinajstić information content (AvgIpc) is 2.84. The van der Waals surface area contributed by atoms with Gasteiger partial charge in [-0.3, -0.25) is 0 Å². The van der Waals surface area contributed by atoms with E-state index in [1.165, 1.54) is 12.0 Å². The summed E-state index contributed by atoms with van der Waals surface area (Å²) in [7, 11) is 0. The van der Waals surface area contributed by atoms with Crippen LogP contribution in [0.1, 0.15) is 12.0 Å². The molecule has 1 nitrogen and oxygen atoms in total. The maximum Gasteiger partial charge on any atom is 0.0717 e. The van der Waals surface area contributed by atoms with Gasteiger partial charge in [-0.25, -0.2) is 0 Å². The van der Waals surface area contributed by atoms with E-state index in [9.17, 15) is 0 Å². The van der Waals surface area contributed by atoms with Crippen LogP contribution in [0, 0.1) is 5.92 Å². The summed E-state index contributed by atoms with van der Waals surface area (Å²) in [5, 5.41) is 0. The lowest BCUT2D eigenvalue weighted by atomic mass is 10.2. The number of rotatable bonds is 4. The first-order valence-electron chi connectivity index (χ1n) is 4.62. The van der Waals surface area contributed by atoms with Gasteiger partial charge in [0.15, 0.2) is 0 Å². The normalized spacial score (nSPS) is 25.9. The monoisotopic (exact) mass is 240 g/mol. The first kappa shape index (κ1) is 9.22. The highest BCUT2D eigenvalue weighted by Gasteiger charge is 2.34. The summed E-state index contributed by atoms with van der Waals surface area (Å²) in [4.78, 5) is 0.711. The molecule has 0 amide bonds. The van der Waals surface area contributed by atoms with Crippen LogP contribution in [0.15, 0.2) is 30.3 Å². The third kappa shape index (κ3) is 2.82. The Hall–Kier alpha value is -0.340. The van der Waals surface area contributed by atoms with Crippen molar-refractivity contribution in [3.8, 4) is 0 Å². The molecular formula is C11H13BrO. The minimum atomic E-state index is 0.711.